The normalized spacial score (nSPS) is 11.5. The van der Waals surface area contributed by atoms with Crippen LogP contribution in [-0.4, -0.2) is 42.0 Å². The first-order valence-corrected chi connectivity index (χ1v) is 15.4. The molecule has 0 aliphatic heterocycles. The van der Waals surface area contributed by atoms with Gasteiger partial charge in [-0.2, -0.15) is 5.26 Å². The summed E-state index contributed by atoms with van der Waals surface area (Å²) in [5.74, 6) is 1.76. The lowest BCUT2D eigenvalue weighted by atomic mass is 9.98. The van der Waals surface area contributed by atoms with Crippen LogP contribution in [0.1, 0.15) is 25.8 Å². The molecule has 1 atom stereocenters. The Morgan fingerprint density at radius 1 is 0.977 bits per heavy atom. The van der Waals surface area contributed by atoms with E-state index in [0.29, 0.717) is 57.1 Å². The smallest absolute Gasteiger partial charge is 0.239 e. The number of carbonyl (C=O) groups is 1. The van der Waals surface area contributed by atoms with E-state index in [1.54, 1.807) is 20.3 Å². The summed E-state index contributed by atoms with van der Waals surface area (Å²) in [6.07, 6.45) is 0.510. The van der Waals surface area contributed by atoms with Crippen molar-refractivity contribution < 1.29 is 19.0 Å². The fourth-order valence-electron chi connectivity index (χ4n) is 4.57. The number of amides is 1. The van der Waals surface area contributed by atoms with Crippen molar-refractivity contribution in [3.05, 3.63) is 78.4 Å². The zero-order valence-corrected chi connectivity index (χ0v) is 25.8. The molecule has 5 rings (SSSR count). The number of rotatable bonds is 11. The van der Waals surface area contributed by atoms with Crippen molar-refractivity contribution in [1.82, 2.24) is 9.97 Å². The second-order valence-electron chi connectivity index (χ2n) is 9.36. The molecule has 0 bridgehead atoms. The monoisotopic (exact) mass is 610 g/mol. The molecular weight excluding hydrogens is 581 g/mol. The van der Waals surface area contributed by atoms with Crippen LogP contribution < -0.4 is 19.5 Å². The summed E-state index contributed by atoms with van der Waals surface area (Å²) in [4.78, 5) is 23.0. The van der Waals surface area contributed by atoms with Gasteiger partial charge in [0.15, 0.2) is 5.13 Å². The molecule has 0 fully saturated rings. The Bertz CT molecular complexity index is 1800. The number of pyridine rings is 1. The Labute approximate surface area is 258 Å². The molecule has 218 valence electrons. The average molecular weight is 611 g/mol. The van der Waals surface area contributed by atoms with Gasteiger partial charge in [0.05, 0.1) is 47.6 Å². The van der Waals surface area contributed by atoms with Gasteiger partial charge < -0.3 is 19.5 Å². The molecule has 2 aromatic heterocycles. The van der Waals surface area contributed by atoms with Crippen LogP contribution in [0.25, 0.3) is 32.6 Å². The van der Waals surface area contributed by atoms with E-state index in [-0.39, 0.29) is 5.91 Å². The fourth-order valence-corrected chi connectivity index (χ4v) is 6.49. The number of hydrogen-bond donors (Lipinski definition) is 1. The highest BCUT2D eigenvalue weighted by atomic mass is 32.2. The van der Waals surface area contributed by atoms with Gasteiger partial charge in [0, 0.05) is 16.7 Å². The molecule has 8 nitrogen and oxygen atoms in total. The number of methoxy groups -OCH3 is 2. The van der Waals surface area contributed by atoms with Crippen LogP contribution in [0.15, 0.2) is 77.8 Å². The van der Waals surface area contributed by atoms with Gasteiger partial charge in [-0.25, -0.2) is 9.97 Å². The van der Waals surface area contributed by atoms with Crippen LogP contribution in [0.2, 0.25) is 0 Å². The molecule has 2 heterocycles. The highest BCUT2D eigenvalue weighted by molar-refractivity contribution is 8.00. The zero-order valence-electron chi connectivity index (χ0n) is 24.2. The van der Waals surface area contributed by atoms with Crippen LogP contribution in [0.3, 0.4) is 0 Å². The van der Waals surface area contributed by atoms with E-state index in [4.69, 9.17) is 19.2 Å². The van der Waals surface area contributed by atoms with E-state index < -0.39 is 5.25 Å². The summed E-state index contributed by atoms with van der Waals surface area (Å²) in [5.41, 5.74) is 4.03. The maximum atomic E-state index is 13.6. The fraction of sp³-hybridized carbons (Fsp3) is 0.212. The van der Waals surface area contributed by atoms with Crippen LogP contribution in [-0.2, 0) is 4.79 Å². The number of thioether (sulfide) groups is 1. The number of thiazole rings is 1. The van der Waals surface area contributed by atoms with Gasteiger partial charge in [-0.1, -0.05) is 60.4 Å². The number of fused-ring (bicyclic) bond motifs is 1. The molecule has 1 unspecified atom stereocenters. The summed E-state index contributed by atoms with van der Waals surface area (Å²) in [6, 6.07) is 25.1. The molecule has 0 saturated carbocycles. The lowest BCUT2D eigenvalue weighted by Gasteiger charge is -2.18. The number of benzene rings is 3. The number of nitrogens with zero attached hydrogens (tertiary/aromatic N) is 3. The van der Waals surface area contributed by atoms with Gasteiger partial charge in [-0.15, -0.1) is 0 Å². The molecule has 1 N–H and O–H groups in total. The maximum absolute atomic E-state index is 13.6. The molecule has 0 aliphatic rings. The maximum Gasteiger partial charge on any atom is 0.239 e. The van der Waals surface area contributed by atoms with Crippen LogP contribution >= 0.6 is 23.1 Å². The van der Waals surface area contributed by atoms with Crippen molar-refractivity contribution in [2.75, 3.05) is 26.1 Å². The number of nitrogens with one attached hydrogen (secondary N) is 1. The molecule has 0 radical (unpaired) electrons. The van der Waals surface area contributed by atoms with Crippen molar-refractivity contribution in [2.45, 2.75) is 30.5 Å². The minimum atomic E-state index is -0.531. The third-order valence-electron chi connectivity index (χ3n) is 6.68. The Morgan fingerprint density at radius 3 is 2.47 bits per heavy atom. The van der Waals surface area contributed by atoms with Crippen molar-refractivity contribution in [3.8, 4) is 45.7 Å². The summed E-state index contributed by atoms with van der Waals surface area (Å²) >= 11 is 2.65. The highest BCUT2D eigenvalue weighted by Gasteiger charge is 2.25. The molecule has 0 spiro atoms. The van der Waals surface area contributed by atoms with Gasteiger partial charge in [-0.3, -0.25) is 4.79 Å². The van der Waals surface area contributed by atoms with Crippen LogP contribution in [0.5, 0.6) is 17.2 Å². The van der Waals surface area contributed by atoms with Gasteiger partial charge in [0.2, 0.25) is 5.91 Å². The number of anilines is 1. The highest BCUT2D eigenvalue weighted by Crippen LogP contribution is 2.41. The van der Waals surface area contributed by atoms with E-state index in [2.05, 4.69) is 16.4 Å². The number of carbonyl (C=O) groups excluding carboxylic acids is 1. The van der Waals surface area contributed by atoms with Gasteiger partial charge in [-0.05, 0) is 55.8 Å². The Kier molecular flexibility index (Phi) is 9.45. The molecule has 5 aromatic rings. The van der Waals surface area contributed by atoms with Gasteiger partial charge >= 0.3 is 0 Å². The van der Waals surface area contributed by atoms with Crippen molar-refractivity contribution >= 4 is 44.4 Å². The SMILES string of the molecule is CCOc1ccc2nc(NC(=O)C(CC)Sc3nc(-c4ccccc4)cc(-c4cc(OC)ccc4OC)c3C#N)sc2c1. The largest absolute Gasteiger partial charge is 0.497 e. The predicted octanol–water partition coefficient (Wildman–Crippen LogP) is 7.82. The first kappa shape index (κ1) is 29.9. The lowest BCUT2D eigenvalue weighted by Crippen LogP contribution is -2.24. The molecular formula is C33H30N4O4S2. The predicted molar refractivity (Wildman–Crippen MR) is 172 cm³/mol. The summed E-state index contributed by atoms with van der Waals surface area (Å²) in [5, 5.41) is 13.8. The van der Waals surface area contributed by atoms with E-state index in [9.17, 15) is 10.1 Å². The Hall–Kier alpha value is -4.59. The number of ether oxygens (including phenoxy) is 3. The first-order chi connectivity index (χ1) is 21.0. The van der Waals surface area contributed by atoms with Crippen LogP contribution in [0, 0.1) is 11.3 Å². The van der Waals surface area contributed by atoms with Crippen molar-refractivity contribution in [2.24, 2.45) is 0 Å². The second-order valence-corrected chi connectivity index (χ2v) is 11.6. The van der Waals surface area contributed by atoms with E-state index in [0.717, 1.165) is 21.5 Å². The quantitative estimate of drug-likeness (QED) is 0.151. The molecule has 10 heteroatoms. The second kappa shape index (κ2) is 13.6. The minimum Gasteiger partial charge on any atom is -0.497 e. The summed E-state index contributed by atoms with van der Waals surface area (Å²) < 4.78 is 17.7. The van der Waals surface area contributed by atoms with Gasteiger partial charge in [0.25, 0.3) is 0 Å². The van der Waals surface area contributed by atoms with E-state index >= 15 is 0 Å². The molecule has 3 aromatic carbocycles. The third kappa shape index (κ3) is 6.58. The lowest BCUT2D eigenvalue weighted by molar-refractivity contribution is -0.115. The van der Waals surface area contributed by atoms with E-state index in [1.807, 2.05) is 80.6 Å². The molecule has 43 heavy (non-hydrogen) atoms. The Morgan fingerprint density at radius 2 is 1.77 bits per heavy atom. The number of nitriles is 1. The summed E-state index contributed by atoms with van der Waals surface area (Å²) in [7, 11) is 3.18. The van der Waals surface area contributed by atoms with Crippen molar-refractivity contribution in [3.63, 3.8) is 0 Å². The molecule has 0 aliphatic carbocycles. The Balaban J connectivity index is 1.53. The number of hydrogen-bond acceptors (Lipinski definition) is 9. The topological polar surface area (TPSA) is 106 Å². The molecule has 0 saturated heterocycles. The zero-order chi connectivity index (χ0) is 30.3. The van der Waals surface area contributed by atoms with Crippen molar-refractivity contribution in [1.29, 1.82) is 5.26 Å². The third-order valence-corrected chi connectivity index (χ3v) is 8.97. The first-order valence-electron chi connectivity index (χ1n) is 13.7. The minimum absolute atomic E-state index is 0.215. The number of aromatic nitrogens is 2. The van der Waals surface area contributed by atoms with E-state index in [1.165, 1.54) is 23.1 Å². The average Bonchev–Trinajstić information content (AvgIpc) is 3.44. The molecule has 1 amide bonds. The van der Waals surface area contributed by atoms with Crippen LogP contribution in [0.4, 0.5) is 5.13 Å². The summed E-state index contributed by atoms with van der Waals surface area (Å²) in [6.45, 7) is 4.44. The standard InChI is InChI=1S/C33H30N4O4S2/c1-5-29(31(38)37-33-36-26-14-12-22(41-6-2)17-30(26)43-33)42-32-25(19-34)23(18-27(35-32)20-10-8-7-9-11-20)24-16-21(39-3)13-15-28(24)40-4/h7-18,29H,5-6H2,1-4H3,(H,36,37,38). The van der Waals surface area contributed by atoms with Gasteiger partial charge in [0.1, 0.15) is 28.3 Å².